The Morgan fingerprint density at radius 1 is 1.24 bits per heavy atom. The molecule has 2 rings (SSSR count). The first-order chi connectivity index (χ1) is 10.0. The predicted molar refractivity (Wildman–Crippen MR) is 84.4 cm³/mol. The summed E-state index contributed by atoms with van der Waals surface area (Å²) in [4.78, 5) is 23.5. The van der Waals surface area contributed by atoms with Gasteiger partial charge < -0.3 is 10.6 Å². The second-order valence-electron chi connectivity index (χ2n) is 4.19. The molecule has 2 aromatic rings. The molecular weight excluding hydrogens is 356 g/mol. The Hall–Kier alpha value is -1.80. The minimum absolute atomic E-state index is 0.181. The number of benzene rings is 1. The van der Waals surface area contributed by atoms with Crippen LogP contribution < -0.4 is 10.6 Å². The van der Waals surface area contributed by atoms with E-state index >= 15 is 0 Å². The van der Waals surface area contributed by atoms with E-state index in [4.69, 9.17) is 0 Å². The van der Waals surface area contributed by atoms with Crippen LogP contribution in [0.4, 0.5) is 5.13 Å². The molecule has 0 aliphatic heterocycles. The molecular formula is C13H13BrN4O2S. The number of aromatic nitrogens is 2. The van der Waals surface area contributed by atoms with Crippen molar-refractivity contribution in [3.05, 3.63) is 39.3 Å². The van der Waals surface area contributed by atoms with E-state index in [-0.39, 0.29) is 24.8 Å². The van der Waals surface area contributed by atoms with Gasteiger partial charge in [-0.25, -0.2) is 0 Å². The highest BCUT2D eigenvalue weighted by atomic mass is 79.9. The zero-order chi connectivity index (χ0) is 15.2. The monoisotopic (exact) mass is 368 g/mol. The van der Waals surface area contributed by atoms with Crippen molar-refractivity contribution in [3.8, 4) is 0 Å². The van der Waals surface area contributed by atoms with Gasteiger partial charge in [0.2, 0.25) is 11.0 Å². The van der Waals surface area contributed by atoms with Crippen LogP contribution in [0.1, 0.15) is 21.8 Å². The first-order valence-electron chi connectivity index (χ1n) is 6.18. The third kappa shape index (κ3) is 4.91. The summed E-state index contributed by atoms with van der Waals surface area (Å²) >= 11 is 4.61. The van der Waals surface area contributed by atoms with Gasteiger partial charge in [0.05, 0.1) is 0 Å². The maximum Gasteiger partial charge on any atom is 0.251 e. The fraction of sp³-hybridized carbons (Fsp3) is 0.231. The summed E-state index contributed by atoms with van der Waals surface area (Å²) in [5.41, 5.74) is 0.554. The smallest absolute Gasteiger partial charge is 0.251 e. The highest BCUT2D eigenvalue weighted by molar-refractivity contribution is 9.10. The zero-order valence-corrected chi connectivity index (χ0v) is 13.6. The highest BCUT2D eigenvalue weighted by Gasteiger charge is 2.08. The van der Waals surface area contributed by atoms with Gasteiger partial charge in [0.25, 0.3) is 5.91 Å². The molecule has 1 heterocycles. The maximum atomic E-state index is 11.8. The third-order valence-corrected chi connectivity index (χ3v) is 3.80. The third-order valence-electron chi connectivity index (χ3n) is 2.52. The second-order valence-corrected chi connectivity index (χ2v) is 6.28. The van der Waals surface area contributed by atoms with E-state index in [0.29, 0.717) is 10.7 Å². The Kier molecular flexibility index (Phi) is 5.40. The molecule has 6 nitrogen and oxygen atoms in total. The lowest BCUT2D eigenvalue weighted by molar-refractivity contribution is -0.116. The van der Waals surface area contributed by atoms with Crippen molar-refractivity contribution >= 4 is 44.2 Å². The fourth-order valence-corrected chi connectivity index (χ4v) is 2.39. The van der Waals surface area contributed by atoms with Crippen molar-refractivity contribution in [2.24, 2.45) is 0 Å². The molecule has 0 bridgehead atoms. The van der Waals surface area contributed by atoms with Crippen molar-refractivity contribution in [2.75, 3.05) is 11.9 Å². The van der Waals surface area contributed by atoms with Crippen LogP contribution in [0.15, 0.2) is 28.7 Å². The average Bonchev–Trinajstić information content (AvgIpc) is 2.84. The van der Waals surface area contributed by atoms with E-state index in [2.05, 4.69) is 36.8 Å². The van der Waals surface area contributed by atoms with Gasteiger partial charge in [0, 0.05) is 23.0 Å². The Morgan fingerprint density at radius 3 is 2.57 bits per heavy atom. The number of anilines is 1. The number of amides is 2. The molecule has 0 unspecified atom stereocenters. The van der Waals surface area contributed by atoms with Gasteiger partial charge in [0.15, 0.2) is 0 Å². The summed E-state index contributed by atoms with van der Waals surface area (Å²) < 4.78 is 0.908. The summed E-state index contributed by atoms with van der Waals surface area (Å²) in [5, 5.41) is 14.2. The minimum atomic E-state index is -0.206. The van der Waals surface area contributed by atoms with Crippen LogP contribution in [0.5, 0.6) is 0 Å². The molecule has 0 atom stereocenters. The fourth-order valence-electron chi connectivity index (χ4n) is 1.52. The lowest BCUT2D eigenvalue weighted by Gasteiger charge is -2.05. The quantitative estimate of drug-likeness (QED) is 0.848. The molecule has 0 radical (unpaired) electrons. The molecule has 1 aromatic carbocycles. The molecule has 110 valence electrons. The summed E-state index contributed by atoms with van der Waals surface area (Å²) in [5.74, 6) is -0.413. The molecule has 0 saturated heterocycles. The van der Waals surface area contributed by atoms with E-state index < -0.39 is 0 Å². The Balaban J connectivity index is 1.74. The second kappa shape index (κ2) is 7.28. The van der Waals surface area contributed by atoms with Crippen LogP contribution in [0.3, 0.4) is 0 Å². The van der Waals surface area contributed by atoms with Gasteiger partial charge in [-0.3, -0.25) is 9.59 Å². The lowest BCUT2D eigenvalue weighted by atomic mass is 10.2. The van der Waals surface area contributed by atoms with Gasteiger partial charge >= 0.3 is 0 Å². The number of hydrogen-bond acceptors (Lipinski definition) is 5. The zero-order valence-electron chi connectivity index (χ0n) is 11.2. The molecule has 0 aliphatic carbocycles. The summed E-state index contributed by atoms with van der Waals surface area (Å²) in [6.45, 7) is 2.07. The normalized spacial score (nSPS) is 10.2. The predicted octanol–water partition coefficient (Wildman–Crippen LogP) is 2.37. The first kappa shape index (κ1) is 15.6. The van der Waals surface area contributed by atoms with Crippen molar-refractivity contribution in [1.29, 1.82) is 0 Å². The number of nitrogens with zero attached hydrogens (tertiary/aromatic N) is 2. The van der Waals surface area contributed by atoms with Crippen molar-refractivity contribution in [1.82, 2.24) is 15.5 Å². The van der Waals surface area contributed by atoms with Crippen LogP contribution in [0, 0.1) is 6.92 Å². The number of aryl methyl sites for hydroxylation is 1. The van der Waals surface area contributed by atoms with E-state index in [1.807, 2.05) is 6.92 Å². The highest BCUT2D eigenvalue weighted by Crippen LogP contribution is 2.13. The molecule has 0 spiro atoms. The Bertz CT molecular complexity index is 642. The standard InChI is InChI=1S/C13H13BrN4O2S/c1-8-17-18-13(21-8)16-11(19)6-7-15-12(20)9-2-4-10(14)5-3-9/h2-5H,6-7H2,1H3,(H,15,20)(H,16,18,19). The van der Waals surface area contributed by atoms with Gasteiger partial charge in [-0.05, 0) is 31.2 Å². The van der Waals surface area contributed by atoms with Gasteiger partial charge in [-0.15, -0.1) is 10.2 Å². The van der Waals surface area contributed by atoms with Gasteiger partial charge in [0.1, 0.15) is 5.01 Å². The van der Waals surface area contributed by atoms with Crippen molar-refractivity contribution in [2.45, 2.75) is 13.3 Å². The van der Waals surface area contributed by atoms with Crippen LogP contribution in [0.25, 0.3) is 0 Å². The minimum Gasteiger partial charge on any atom is -0.352 e. The van der Waals surface area contributed by atoms with Crippen LogP contribution in [-0.2, 0) is 4.79 Å². The summed E-state index contributed by atoms with van der Waals surface area (Å²) in [6, 6.07) is 7.01. The van der Waals surface area contributed by atoms with E-state index in [0.717, 1.165) is 9.48 Å². The molecule has 0 saturated carbocycles. The largest absolute Gasteiger partial charge is 0.352 e. The SMILES string of the molecule is Cc1nnc(NC(=O)CCNC(=O)c2ccc(Br)cc2)s1. The van der Waals surface area contributed by atoms with E-state index in [1.54, 1.807) is 24.3 Å². The molecule has 21 heavy (non-hydrogen) atoms. The van der Waals surface area contributed by atoms with E-state index in [9.17, 15) is 9.59 Å². The number of rotatable bonds is 5. The van der Waals surface area contributed by atoms with Gasteiger partial charge in [-0.2, -0.15) is 0 Å². The van der Waals surface area contributed by atoms with Crippen LogP contribution in [-0.4, -0.2) is 28.6 Å². The van der Waals surface area contributed by atoms with E-state index in [1.165, 1.54) is 11.3 Å². The number of carbonyl (C=O) groups is 2. The molecule has 2 N–H and O–H groups in total. The van der Waals surface area contributed by atoms with Crippen molar-refractivity contribution < 1.29 is 9.59 Å². The maximum absolute atomic E-state index is 11.8. The summed E-state index contributed by atoms with van der Waals surface area (Å²) in [7, 11) is 0. The first-order valence-corrected chi connectivity index (χ1v) is 7.79. The number of halogens is 1. The summed E-state index contributed by atoms with van der Waals surface area (Å²) in [6.07, 6.45) is 0.181. The molecule has 8 heteroatoms. The Labute approximate surface area is 134 Å². The van der Waals surface area contributed by atoms with Crippen LogP contribution in [0.2, 0.25) is 0 Å². The molecule has 1 aromatic heterocycles. The van der Waals surface area contributed by atoms with Crippen molar-refractivity contribution in [3.63, 3.8) is 0 Å². The van der Waals surface area contributed by atoms with Gasteiger partial charge in [-0.1, -0.05) is 27.3 Å². The van der Waals surface area contributed by atoms with Crippen LogP contribution >= 0.6 is 27.3 Å². The topological polar surface area (TPSA) is 84.0 Å². The molecule has 2 amide bonds. The number of carbonyl (C=O) groups excluding carboxylic acids is 2. The molecule has 0 aliphatic rings. The number of nitrogens with one attached hydrogen (secondary N) is 2. The number of hydrogen-bond donors (Lipinski definition) is 2. The average molecular weight is 369 g/mol. The molecule has 0 fully saturated rings. The lowest BCUT2D eigenvalue weighted by Crippen LogP contribution is -2.27. The Morgan fingerprint density at radius 2 is 1.95 bits per heavy atom.